The number of rotatable bonds is 1. The van der Waals surface area contributed by atoms with Crippen LogP contribution in [0.15, 0.2) is 18.3 Å². The number of fused-ring (bicyclic) bond motifs is 1. The summed E-state index contributed by atoms with van der Waals surface area (Å²) in [4.78, 5) is 19.5. The fourth-order valence-corrected chi connectivity index (χ4v) is 3.37. The molecule has 114 valence electrons. The number of alkyl halides is 3. The van der Waals surface area contributed by atoms with Gasteiger partial charge in [-0.15, -0.1) is 0 Å². The van der Waals surface area contributed by atoms with Crippen molar-refractivity contribution in [3.05, 3.63) is 29.6 Å². The van der Waals surface area contributed by atoms with Crippen molar-refractivity contribution in [1.29, 1.82) is 0 Å². The zero-order chi connectivity index (χ0) is 15.2. The van der Waals surface area contributed by atoms with Crippen molar-refractivity contribution in [2.75, 3.05) is 33.2 Å². The number of aromatic nitrogens is 1. The van der Waals surface area contributed by atoms with Gasteiger partial charge in [0, 0.05) is 32.4 Å². The third kappa shape index (κ3) is 2.62. The average Bonchev–Trinajstić information content (AvgIpc) is 2.94. The first-order valence-electron chi connectivity index (χ1n) is 6.86. The number of hydrogen-bond acceptors (Lipinski definition) is 3. The van der Waals surface area contributed by atoms with Crippen LogP contribution in [0.25, 0.3) is 0 Å². The fourth-order valence-electron chi connectivity index (χ4n) is 3.37. The molecule has 3 rings (SSSR count). The maximum atomic E-state index is 12.9. The maximum absolute atomic E-state index is 12.9. The Morgan fingerprint density at radius 1 is 1.24 bits per heavy atom. The van der Waals surface area contributed by atoms with Crippen molar-refractivity contribution in [2.45, 2.75) is 6.18 Å². The summed E-state index contributed by atoms with van der Waals surface area (Å²) in [6.45, 7) is 2.85. The quantitative estimate of drug-likeness (QED) is 0.792. The van der Waals surface area contributed by atoms with Crippen LogP contribution in [0.5, 0.6) is 0 Å². The molecule has 1 amide bonds. The van der Waals surface area contributed by atoms with Crippen LogP contribution in [-0.4, -0.2) is 53.9 Å². The van der Waals surface area contributed by atoms with Crippen molar-refractivity contribution in [3.63, 3.8) is 0 Å². The molecule has 0 unspecified atom stereocenters. The van der Waals surface area contributed by atoms with Gasteiger partial charge in [-0.05, 0) is 31.0 Å². The van der Waals surface area contributed by atoms with Gasteiger partial charge in [0.15, 0.2) is 5.69 Å². The highest BCUT2D eigenvalue weighted by Crippen LogP contribution is 2.34. The van der Waals surface area contributed by atoms with Crippen LogP contribution in [-0.2, 0) is 6.18 Å². The van der Waals surface area contributed by atoms with Gasteiger partial charge in [0.05, 0.1) is 5.56 Å². The number of carbonyl (C=O) groups excluding carboxylic acids is 1. The largest absolute Gasteiger partial charge is 0.434 e. The minimum atomic E-state index is -4.61. The lowest BCUT2D eigenvalue weighted by Crippen LogP contribution is -2.33. The van der Waals surface area contributed by atoms with Gasteiger partial charge in [-0.1, -0.05) is 0 Å². The molecule has 2 fully saturated rings. The van der Waals surface area contributed by atoms with E-state index in [9.17, 15) is 18.0 Å². The predicted octanol–water partition coefficient (Wildman–Crippen LogP) is 1.73. The minimum absolute atomic E-state index is 0.349. The lowest BCUT2D eigenvalue weighted by Gasteiger charge is -2.21. The number of amides is 1. The Balaban J connectivity index is 1.81. The maximum Gasteiger partial charge on any atom is 0.434 e. The molecule has 3 heterocycles. The number of hydrogen-bond donors (Lipinski definition) is 0. The molecule has 7 heteroatoms. The van der Waals surface area contributed by atoms with Crippen LogP contribution in [0.4, 0.5) is 13.2 Å². The van der Waals surface area contributed by atoms with Crippen LogP contribution in [0.1, 0.15) is 16.1 Å². The highest BCUT2D eigenvalue weighted by molar-refractivity contribution is 5.95. The average molecular weight is 299 g/mol. The van der Waals surface area contributed by atoms with E-state index in [1.54, 1.807) is 0 Å². The Kier molecular flexibility index (Phi) is 3.39. The van der Waals surface area contributed by atoms with Gasteiger partial charge in [0.2, 0.25) is 0 Å². The van der Waals surface area contributed by atoms with Gasteiger partial charge >= 0.3 is 6.18 Å². The second kappa shape index (κ2) is 4.98. The fraction of sp³-hybridized carbons (Fsp3) is 0.571. The summed E-state index contributed by atoms with van der Waals surface area (Å²) in [6.07, 6.45) is -3.55. The van der Waals surface area contributed by atoms with Gasteiger partial charge in [-0.25, -0.2) is 0 Å². The molecule has 0 spiro atoms. The molecule has 0 N–H and O–H groups in total. The van der Waals surface area contributed by atoms with E-state index in [1.165, 1.54) is 17.0 Å². The molecule has 0 aromatic carbocycles. The van der Waals surface area contributed by atoms with E-state index >= 15 is 0 Å². The third-order valence-electron chi connectivity index (χ3n) is 4.26. The monoisotopic (exact) mass is 299 g/mol. The van der Waals surface area contributed by atoms with Crippen LogP contribution in [0.2, 0.25) is 0 Å². The first-order valence-corrected chi connectivity index (χ1v) is 6.86. The molecule has 2 atom stereocenters. The molecule has 0 radical (unpaired) electrons. The zero-order valence-electron chi connectivity index (χ0n) is 11.6. The molecule has 21 heavy (non-hydrogen) atoms. The van der Waals surface area contributed by atoms with E-state index in [0.717, 1.165) is 19.3 Å². The number of pyridine rings is 1. The highest BCUT2D eigenvalue weighted by atomic mass is 19.4. The molecule has 0 aliphatic carbocycles. The molecule has 1 aromatic heterocycles. The lowest BCUT2D eigenvalue weighted by molar-refractivity contribution is -0.141. The Bertz CT molecular complexity index is 547. The van der Waals surface area contributed by atoms with Gasteiger partial charge in [0.1, 0.15) is 0 Å². The summed E-state index contributed by atoms with van der Waals surface area (Å²) in [5, 5.41) is 0. The summed E-state index contributed by atoms with van der Waals surface area (Å²) in [7, 11) is 2.02. The molecule has 0 saturated carbocycles. The topological polar surface area (TPSA) is 36.4 Å². The molecule has 2 aliphatic heterocycles. The molecular formula is C14H16F3N3O. The van der Waals surface area contributed by atoms with Crippen molar-refractivity contribution >= 4 is 5.91 Å². The second-order valence-corrected chi connectivity index (χ2v) is 5.85. The van der Waals surface area contributed by atoms with Crippen LogP contribution in [0.3, 0.4) is 0 Å². The summed E-state index contributed by atoms with van der Waals surface area (Å²) in [5.41, 5.74) is -1.44. The normalized spacial score (nSPS) is 26.2. The molecule has 4 nitrogen and oxygen atoms in total. The van der Waals surface area contributed by atoms with E-state index in [4.69, 9.17) is 0 Å². The lowest BCUT2D eigenvalue weighted by atomic mass is 10.0. The van der Waals surface area contributed by atoms with E-state index < -0.39 is 17.8 Å². The Labute approximate surface area is 120 Å². The molecule has 2 aliphatic rings. The minimum Gasteiger partial charge on any atom is -0.338 e. The van der Waals surface area contributed by atoms with Gasteiger partial charge < -0.3 is 9.80 Å². The zero-order valence-corrected chi connectivity index (χ0v) is 11.6. The van der Waals surface area contributed by atoms with E-state index in [1.807, 2.05) is 7.05 Å². The van der Waals surface area contributed by atoms with E-state index in [2.05, 4.69) is 9.88 Å². The van der Waals surface area contributed by atoms with Crippen molar-refractivity contribution < 1.29 is 18.0 Å². The second-order valence-electron chi connectivity index (χ2n) is 5.85. The first-order chi connectivity index (χ1) is 9.86. The van der Waals surface area contributed by atoms with E-state index in [0.29, 0.717) is 24.9 Å². The summed E-state index contributed by atoms with van der Waals surface area (Å²) >= 11 is 0. The smallest absolute Gasteiger partial charge is 0.338 e. The van der Waals surface area contributed by atoms with Gasteiger partial charge in [-0.3, -0.25) is 9.78 Å². The van der Waals surface area contributed by atoms with Gasteiger partial charge in [-0.2, -0.15) is 13.2 Å². The van der Waals surface area contributed by atoms with Crippen LogP contribution in [0, 0.1) is 11.8 Å². The standard InChI is InChI=1S/C14H16F3N3O/c1-19-5-9-7-20(8-10(9)6-19)13(21)11-3-2-4-18-12(11)14(15,16)17/h2-4,9-10H,5-8H2,1H3/t9-,10+. The summed E-state index contributed by atoms with van der Waals surface area (Å²) in [5.74, 6) is 0.169. The van der Waals surface area contributed by atoms with Crippen molar-refractivity contribution in [1.82, 2.24) is 14.8 Å². The number of nitrogens with zero attached hydrogens (tertiary/aromatic N) is 3. The highest BCUT2D eigenvalue weighted by Gasteiger charge is 2.43. The van der Waals surface area contributed by atoms with Crippen LogP contribution >= 0.6 is 0 Å². The number of carbonyl (C=O) groups is 1. The predicted molar refractivity (Wildman–Crippen MR) is 69.6 cm³/mol. The van der Waals surface area contributed by atoms with Crippen molar-refractivity contribution in [2.24, 2.45) is 11.8 Å². The molecular weight excluding hydrogens is 283 g/mol. The first kappa shape index (κ1) is 14.3. The SMILES string of the molecule is CN1C[C@@H]2CN(C(=O)c3cccnc3C(F)(F)F)C[C@@H]2C1. The third-order valence-corrected chi connectivity index (χ3v) is 4.26. The van der Waals surface area contributed by atoms with E-state index in [-0.39, 0.29) is 5.56 Å². The Morgan fingerprint density at radius 2 is 1.86 bits per heavy atom. The van der Waals surface area contributed by atoms with Gasteiger partial charge in [0.25, 0.3) is 5.91 Å². The van der Waals surface area contributed by atoms with Crippen molar-refractivity contribution in [3.8, 4) is 0 Å². The molecule has 0 bridgehead atoms. The number of halogens is 3. The molecule has 1 aromatic rings. The number of likely N-dealkylation sites (tertiary alicyclic amines) is 2. The van der Waals surface area contributed by atoms with Crippen LogP contribution < -0.4 is 0 Å². The summed E-state index contributed by atoms with van der Waals surface area (Å²) in [6, 6.07) is 2.57. The summed E-state index contributed by atoms with van der Waals surface area (Å²) < 4.78 is 38.8. The molecule has 2 saturated heterocycles. The Hall–Kier alpha value is -1.63. The Morgan fingerprint density at radius 3 is 2.43 bits per heavy atom.